The molecular formula is C13H15F2NO5S. The molecule has 0 radical (unpaired) electrons. The van der Waals surface area contributed by atoms with E-state index >= 15 is 0 Å². The highest BCUT2D eigenvalue weighted by molar-refractivity contribution is 7.87. The first-order valence-corrected chi connectivity index (χ1v) is 8.44. The lowest BCUT2D eigenvalue weighted by molar-refractivity contribution is -0.207. The van der Waals surface area contributed by atoms with Crippen LogP contribution in [-0.2, 0) is 19.6 Å². The van der Waals surface area contributed by atoms with Crippen LogP contribution in [0.15, 0.2) is 0 Å². The molecule has 4 rings (SSSR count). The van der Waals surface area contributed by atoms with Crippen molar-refractivity contribution in [3.05, 3.63) is 0 Å². The molecule has 122 valence electrons. The topological polar surface area (TPSA) is 104 Å². The van der Waals surface area contributed by atoms with Gasteiger partial charge in [0.05, 0.1) is 11.5 Å². The van der Waals surface area contributed by atoms with Crippen LogP contribution < -0.4 is 0 Å². The van der Waals surface area contributed by atoms with Crippen molar-refractivity contribution in [1.29, 1.82) is 5.26 Å². The Balaban J connectivity index is 1.87. The van der Waals surface area contributed by atoms with E-state index in [0.717, 1.165) is 6.42 Å². The molecule has 4 aliphatic carbocycles. The van der Waals surface area contributed by atoms with Crippen molar-refractivity contribution < 1.29 is 31.3 Å². The summed E-state index contributed by atoms with van der Waals surface area (Å²) in [6.07, 6.45) is 3.07. The highest BCUT2D eigenvalue weighted by Crippen LogP contribution is 2.62. The molecule has 2 atom stereocenters. The summed E-state index contributed by atoms with van der Waals surface area (Å²) in [6.45, 7) is 0. The van der Waals surface area contributed by atoms with Gasteiger partial charge in [-0.15, -0.1) is 0 Å². The second-order valence-electron chi connectivity index (χ2n) is 6.92. The minimum atomic E-state index is -5.88. The summed E-state index contributed by atoms with van der Waals surface area (Å²) in [4.78, 5) is 11.6. The first-order valence-electron chi connectivity index (χ1n) is 7.00. The number of nitrogens with zero attached hydrogens (tertiary/aromatic N) is 1. The fourth-order valence-electron chi connectivity index (χ4n) is 4.79. The molecule has 4 aliphatic rings. The number of nitriles is 1. The third kappa shape index (κ3) is 2.20. The SMILES string of the molecule is N#CC12CC3CC(C1)CC(OC(=O)C(F)(F)S(=O)(=O)O)(C3)C2. The average Bonchev–Trinajstić information content (AvgIpc) is 2.35. The van der Waals surface area contributed by atoms with Gasteiger partial charge in [0.2, 0.25) is 0 Å². The lowest BCUT2D eigenvalue weighted by atomic mass is 9.48. The summed E-state index contributed by atoms with van der Waals surface area (Å²) in [5, 5.41) is 4.40. The Bertz CT molecular complexity index is 654. The second-order valence-corrected chi connectivity index (χ2v) is 8.38. The molecule has 22 heavy (non-hydrogen) atoms. The molecule has 4 fully saturated rings. The van der Waals surface area contributed by atoms with E-state index in [1.807, 2.05) is 0 Å². The van der Waals surface area contributed by atoms with E-state index in [9.17, 15) is 27.3 Å². The number of hydrogen-bond acceptors (Lipinski definition) is 5. The van der Waals surface area contributed by atoms with Crippen LogP contribution in [0.1, 0.15) is 38.5 Å². The zero-order valence-electron chi connectivity index (χ0n) is 11.6. The van der Waals surface area contributed by atoms with Crippen molar-refractivity contribution in [2.75, 3.05) is 0 Å². The summed E-state index contributed by atoms with van der Waals surface area (Å²) < 4.78 is 61.5. The first-order chi connectivity index (χ1) is 10.0. The van der Waals surface area contributed by atoms with Gasteiger partial charge < -0.3 is 4.74 Å². The largest absolute Gasteiger partial charge is 0.465 e. The number of esters is 1. The number of carbonyl (C=O) groups is 1. The molecular weight excluding hydrogens is 320 g/mol. The molecule has 0 aromatic heterocycles. The number of halogens is 2. The van der Waals surface area contributed by atoms with Crippen LogP contribution >= 0.6 is 0 Å². The van der Waals surface area contributed by atoms with Crippen LogP contribution in [0.3, 0.4) is 0 Å². The van der Waals surface area contributed by atoms with Crippen molar-refractivity contribution in [2.24, 2.45) is 17.3 Å². The third-order valence-electron chi connectivity index (χ3n) is 5.12. The van der Waals surface area contributed by atoms with Gasteiger partial charge in [-0.3, -0.25) is 4.55 Å². The molecule has 0 aliphatic heterocycles. The molecule has 4 bridgehead atoms. The van der Waals surface area contributed by atoms with Crippen LogP contribution in [0.2, 0.25) is 0 Å². The molecule has 0 aromatic carbocycles. The van der Waals surface area contributed by atoms with Gasteiger partial charge in [0.25, 0.3) is 0 Å². The van der Waals surface area contributed by atoms with Gasteiger partial charge in [0.15, 0.2) is 0 Å². The maximum Gasteiger partial charge on any atom is 0.465 e. The van der Waals surface area contributed by atoms with E-state index in [0.29, 0.717) is 25.7 Å². The number of alkyl halides is 2. The lowest BCUT2D eigenvalue weighted by Crippen LogP contribution is -2.58. The Morgan fingerprint density at radius 2 is 1.82 bits per heavy atom. The average molecular weight is 335 g/mol. The summed E-state index contributed by atoms with van der Waals surface area (Å²) in [5.41, 5.74) is -1.90. The van der Waals surface area contributed by atoms with E-state index < -0.39 is 32.4 Å². The van der Waals surface area contributed by atoms with Gasteiger partial charge in [-0.05, 0) is 43.9 Å². The molecule has 0 aromatic rings. The second kappa shape index (κ2) is 4.38. The van der Waals surface area contributed by atoms with E-state index in [1.165, 1.54) is 0 Å². The van der Waals surface area contributed by atoms with Crippen LogP contribution in [-0.4, -0.2) is 29.8 Å². The molecule has 0 saturated heterocycles. The standard InChI is InChI=1S/C13H15F2NO5S/c14-13(15,22(18,19)20)10(17)21-12-4-8-1-9(5-12)3-11(2-8,6-12)7-16/h8-9H,1-6H2,(H,18,19,20). The van der Waals surface area contributed by atoms with Crippen molar-refractivity contribution >= 4 is 16.1 Å². The molecule has 4 saturated carbocycles. The van der Waals surface area contributed by atoms with Gasteiger partial charge in [0, 0.05) is 6.42 Å². The Morgan fingerprint density at radius 1 is 1.27 bits per heavy atom. The minimum Gasteiger partial charge on any atom is -0.454 e. The van der Waals surface area contributed by atoms with E-state index in [-0.39, 0.29) is 18.3 Å². The van der Waals surface area contributed by atoms with E-state index in [1.54, 1.807) is 0 Å². The van der Waals surface area contributed by atoms with E-state index in [2.05, 4.69) is 6.07 Å². The van der Waals surface area contributed by atoms with Crippen molar-refractivity contribution in [2.45, 2.75) is 49.4 Å². The normalized spacial score (nSPS) is 40.3. The van der Waals surface area contributed by atoms with Crippen LogP contribution in [0.5, 0.6) is 0 Å². The van der Waals surface area contributed by atoms with Crippen LogP contribution in [0.25, 0.3) is 0 Å². The number of ether oxygens (including phenoxy) is 1. The molecule has 2 unspecified atom stereocenters. The Labute approximate surface area is 126 Å². The Morgan fingerprint density at radius 3 is 2.27 bits per heavy atom. The van der Waals surface area contributed by atoms with Gasteiger partial charge in [-0.25, -0.2) is 4.79 Å². The summed E-state index contributed by atoms with van der Waals surface area (Å²) in [7, 11) is -5.88. The number of carbonyl (C=O) groups excluding carboxylic acids is 1. The number of hydrogen-bond donors (Lipinski definition) is 1. The molecule has 0 heterocycles. The Kier molecular flexibility index (Phi) is 3.11. The van der Waals surface area contributed by atoms with Crippen molar-refractivity contribution in [1.82, 2.24) is 0 Å². The lowest BCUT2D eigenvalue weighted by Gasteiger charge is -2.58. The summed E-state index contributed by atoms with van der Waals surface area (Å²) >= 11 is 0. The Hall–Kier alpha value is -1.27. The predicted octanol–water partition coefficient (Wildman–Crippen LogP) is 1.87. The predicted molar refractivity (Wildman–Crippen MR) is 68.0 cm³/mol. The van der Waals surface area contributed by atoms with Crippen LogP contribution in [0, 0.1) is 28.6 Å². The molecule has 9 heteroatoms. The maximum atomic E-state index is 13.4. The highest BCUT2D eigenvalue weighted by Gasteiger charge is 2.63. The molecule has 1 N–H and O–H groups in total. The van der Waals surface area contributed by atoms with Gasteiger partial charge >= 0.3 is 21.3 Å². The first kappa shape index (κ1) is 15.6. The summed E-state index contributed by atoms with van der Waals surface area (Å²) in [6, 6.07) is 2.23. The fraction of sp³-hybridized carbons (Fsp3) is 0.846. The molecule has 0 amide bonds. The molecule has 0 spiro atoms. The highest BCUT2D eigenvalue weighted by atomic mass is 32.2. The maximum absolute atomic E-state index is 13.4. The minimum absolute atomic E-state index is 0.119. The quantitative estimate of drug-likeness (QED) is 0.623. The zero-order chi connectivity index (χ0) is 16.4. The van der Waals surface area contributed by atoms with Crippen molar-refractivity contribution in [3.8, 4) is 6.07 Å². The monoisotopic (exact) mass is 335 g/mol. The summed E-state index contributed by atoms with van der Waals surface area (Å²) in [5.74, 6) is -2.02. The number of rotatable bonds is 3. The van der Waals surface area contributed by atoms with Gasteiger partial charge in [-0.2, -0.15) is 22.5 Å². The van der Waals surface area contributed by atoms with Crippen molar-refractivity contribution in [3.63, 3.8) is 0 Å². The van der Waals surface area contributed by atoms with Crippen LogP contribution in [0.4, 0.5) is 8.78 Å². The smallest absolute Gasteiger partial charge is 0.454 e. The molecule has 6 nitrogen and oxygen atoms in total. The third-order valence-corrected chi connectivity index (χ3v) is 5.93. The van der Waals surface area contributed by atoms with Gasteiger partial charge in [-0.1, -0.05) is 0 Å². The van der Waals surface area contributed by atoms with E-state index in [4.69, 9.17) is 9.29 Å². The fourth-order valence-corrected chi connectivity index (χ4v) is 5.04. The van der Waals surface area contributed by atoms with Gasteiger partial charge in [0.1, 0.15) is 5.60 Å². The zero-order valence-corrected chi connectivity index (χ0v) is 12.4.